The second kappa shape index (κ2) is 8.10. The topological polar surface area (TPSA) is 137 Å². The molecular formula is C16H18N4O6. The van der Waals surface area contributed by atoms with Gasteiger partial charge in [0.15, 0.2) is 0 Å². The lowest BCUT2D eigenvalue weighted by Gasteiger charge is -2.15. The van der Waals surface area contributed by atoms with Crippen LogP contribution in [-0.4, -0.2) is 37.8 Å². The zero-order valence-corrected chi connectivity index (χ0v) is 14.2. The second-order valence-corrected chi connectivity index (χ2v) is 5.70. The van der Waals surface area contributed by atoms with Crippen LogP contribution in [0, 0.1) is 10.1 Å². The zero-order valence-electron chi connectivity index (χ0n) is 14.2. The summed E-state index contributed by atoms with van der Waals surface area (Å²) in [4.78, 5) is 33.3. The summed E-state index contributed by atoms with van der Waals surface area (Å²) in [5, 5.41) is 26.1. The highest BCUT2D eigenvalue weighted by atomic mass is 16.6. The van der Waals surface area contributed by atoms with Crippen LogP contribution >= 0.6 is 0 Å². The summed E-state index contributed by atoms with van der Waals surface area (Å²) in [6, 6.07) is 4.19. The van der Waals surface area contributed by atoms with Gasteiger partial charge in [-0.2, -0.15) is 5.10 Å². The van der Waals surface area contributed by atoms with Crippen molar-refractivity contribution in [3.05, 3.63) is 46.3 Å². The molecule has 2 aromatic rings. The average molecular weight is 362 g/mol. The molecule has 1 aromatic carbocycles. The van der Waals surface area contributed by atoms with E-state index in [0.29, 0.717) is 5.75 Å². The summed E-state index contributed by atoms with van der Waals surface area (Å²) in [5.74, 6) is -1.17. The maximum atomic E-state index is 12.2. The van der Waals surface area contributed by atoms with E-state index < -0.39 is 16.8 Å². The van der Waals surface area contributed by atoms with Gasteiger partial charge in [0.05, 0.1) is 22.3 Å². The van der Waals surface area contributed by atoms with Crippen molar-refractivity contribution in [1.82, 2.24) is 9.78 Å². The summed E-state index contributed by atoms with van der Waals surface area (Å²) in [5.41, 5.74) is 0.0985. The lowest BCUT2D eigenvalue weighted by molar-refractivity contribution is -0.385. The minimum absolute atomic E-state index is 0.00273. The number of amides is 1. The van der Waals surface area contributed by atoms with E-state index in [2.05, 4.69) is 10.4 Å². The number of aromatic nitrogens is 2. The number of carboxylic acids is 1. The molecule has 10 nitrogen and oxygen atoms in total. The number of hydrogen-bond donors (Lipinski definition) is 2. The number of aromatic carboxylic acids is 1. The summed E-state index contributed by atoms with van der Waals surface area (Å²) < 4.78 is 6.86. The molecule has 0 unspecified atom stereocenters. The molecule has 2 rings (SSSR count). The number of anilines is 1. The van der Waals surface area contributed by atoms with E-state index in [1.54, 1.807) is 13.8 Å². The van der Waals surface area contributed by atoms with Gasteiger partial charge in [-0.05, 0) is 32.0 Å². The van der Waals surface area contributed by atoms with Gasteiger partial charge in [-0.1, -0.05) is 0 Å². The van der Waals surface area contributed by atoms with Gasteiger partial charge < -0.3 is 15.2 Å². The van der Waals surface area contributed by atoms with Crippen LogP contribution in [0.25, 0.3) is 0 Å². The van der Waals surface area contributed by atoms with Crippen LogP contribution in [0.3, 0.4) is 0 Å². The lowest BCUT2D eigenvalue weighted by Crippen LogP contribution is -2.17. The first kappa shape index (κ1) is 18.9. The maximum Gasteiger partial charge on any atom is 0.335 e. The van der Waals surface area contributed by atoms with E-state index in [1.165, 1.54) is 29.1 Å². The Balaban J connectivity index is 2.07. The van der Waals surface area contributed by atoms with Gasteiger partial charge in [-0.15, -0.1) is 0 Å². The van der Waals surface area contributed by atoms with E-state index in [9.17, 15) is 19.7 Å². The van der Waals surface area contributed by atoms with Crippen molar-refractivity contribution in [2.24, 2.45) is 0 Å². The van der Waals surface area contributed by atoms with Crippen molar-refractivity contribution >= 4 is 23.3 Å². The average Bonchev–Trinajstić information content (AvgIpc) is 3.03. The Morgan fingerprint density at radius 2 is 2.15 bits per heavy atom. The zero-order chi connectivity index (χ0) is 19.3. The number of hydrogen-bond acceptors (Lipinski definition) is 6. The molecule has 138 valence electrons. The van der Waals surface area contributed by atoms with Gasteiger partial charge in [0.2, 0.25) is 5.91 Å². The van der Waals surface area contributed by atoms with Crippen molar-refractivity contribution in [2.45, 2.75) is 32.9 Å². The van der Waals surface area contributed by atoms with Crippen LogP contribution in [0.1, 0.15) is 30.6 Å². The molecule has 1 amide bonds. The molecule has 1 aromatic heterocycles. The predicted molar refractivity (Wildman–Crippen MR) is 91.3 cm³/mol. The number of benzene rings is 1. The largest absolute Gasteiger partial charge is 0.489 e. The van der Waals surface area contributed by atoms with Crippen molar-refractivity contribution < 1.29 is 24.4 Å². The molecule has 2 N–H and O–H groups in total. The molecule has 0 aliphatic rings. The monoisotopic (exact) mass is 362 g/mol. The van der Waals surface area contributed by atoms with Crippen LogP contribution in [0.5, 0.6) is 5.75 Å². The Bertz CT molecular complexity index is 830. The molecule has 0 atom stereocenters. The van der Waals surface area contributed by atoms with Crippen molar-refractivity contribution in [2.75, 3.05) is 5.32 Å². The van der Waals surface area contributed by atoms with Gasteiger partial charge in [-0.3, -0.25) is 19.6 Å². The molecule has 0 aliphatic carbocycles. The minimum atomic E-state index is -1.12. The van der Waals surface area contributed by atoms with Crippen molar-refractivity contribution in [3.63, 3.8) is 0 Å². The molecule has 0 saturated heterocycles. The smallest absolute Gasteiger partial charge is 0.335 e. The molecule has 0 bridgehead atoms. The highest BCUT2D eigenvalue weighted by molar-refractivity contribution is 5.95. The van der Waals surface area contributed by atoms with E-state index in [4.69, 9.17) is 9.84 Å². The van der Waals surface area contributed by atoms with E-state index in [0.717, 1.165) is 6.20 Å². The summed E-state index contributed by atoms with van der Waals surface area (Å²) in [7, 11) is 0. The number of carbonyl (C=O) groups excluding carboxylic acids is 1. The number of nitrogens with one attached hydrogen (secondary N) is 1. The van der Waals surface area contributed by atoms with Crippen molar-refractivity contribution in [1.29, 1.82) is 0 Å². The minimum Gasteiger partial charge on any atom is -0.489 e. The summed E-state index contributed by atoms with van der Waals surface area (Å²) in [6.45, 7) is 3.75. The number of nitrogens with zero attached hydrogens (tertiary/aromatic N) is 3. The highest BCUT2D eigenvalue weighted by Gasteiger charge is 2.14. The third-order valence-corrected chi connectivity index (χ3v) is 3.26. The first-order valence-corrected chi connectivity index (χ1v) is 7.77. The fraction of sp³-hybridized carbons (Fsp3) is 0.312. The number of nitro groups is 1. The van der Waals surface area contributed by atoms with Crippen LogP contribution in [0.2, 0.25) is 0 Å². The lowest BCUT2D eigenvalue weighted by atomic mass is 10.2. The fourth-order valence-corrected chi connectivity index (χ4v) is 2.12. The van der Waals surface area contributed by atoms with Gasteiger partial charge in [0.1, 0.15) is 18.1 Å². The first-order chi connectivity index (χ1) is 12.3. The number of rotatable bonds is 8. The van der Waals surface area contributed by atoms with E-state index >= 15 is 0 Å². The van der Waals surface area contributed by atoms with Gasteiger partial charge in [0, 0.05) is 13.0 Å². The normalized spacial score (nSPS) is 10.6. The third-order valence-electron chi connectivity index (χ3n) is 3.26. The molecule has 0 aliphatic heterocycles. The van der Waals surface area contributed by atoms with Crippen LogP contribution in [0.15, 0.2) is 30.6 Å². The molecule has 0 spiro atoms. The molecule has 0 fully saturated rings. The second-order valence-electron chi connectivity index (χ2n) is 5.70. The molecular weight excluding hydrogens is 344 g/mol. The molecule has 26 heavy (non-hydrogen) atoms. The predicted octanol–water partition coefficient (Wildman–Crippen LogP) is 2.31. The molecule has 1 heterocycles. The Hall–Kier alpha value is -3.43. The van der Waals surface area contributed by atoms with Gasteiger partial charge >= 0.3 is 11.7 Å². The van der Waals surface area contributed by atoms with E-state index in [1.807, 2.05) is 0 Å². The molecule has 10 heteroatoms. The van der Waals surface area contributed by atoms with E-state index in [-0.39, 0.29) is 36.0 Å². The summed E-state index contributed by atoms with van der Waals surface area (Å²) in [6.07, 6.45) is 2.16. The highest BCUT2D eigenvalue weighted by Crippen LogP contribution is 2.27. The maximum absolute atomic E-state index is 12.2. The fourth-order valence-electron chi connectivity index (χ4n) is 2.12. The van der Waals surface area contributed by atoms with Crippen LogP contribution < -0.4 is 10.1 Å². The Labute approximate surface area is 148 Å². The number of carboxylic acid groups (broad SMARTS) is 1. The quantitative estimate of drug-likeness (QED) is 0.543. The number of aryl methyl sites for hydroxylation is 1. The van der Waals surface area contributed by atoms with Crippen LogP contribution in [0.4, 0.5) is 11.4 Å². The first-order valence-electron chi connectivity index (χ1n) is 7.77. The van der Waals surface area contributed by atoms with Crippen molar-refractivity contribution in [3.8, 4) is 5.75 Å². The SMILES string of the molecule is CC(C)Oc1ccc(C(=O)O)cc1NC(=O)CCn1cc([N+](=O)[O-])cn1. The standard InChI is InChI=1S/C16H18N4O6/c1-10(2)26-14-4-3-11(16(22)23)7-13(14)18-15(21)5-6-19-9-12(8-17-19)20(24)25/h3-4,7-10H,5-6H2,1-2H3,(H,18,21)(H,22,23). The van der Waals surface area contributed by atoms with Gasteiger partial charge in [0.25, 0.3) is 0 Å². The van der Waals surface area contributed by atoms with Gasteiger partial charge in [-0.25, -0.2) is 4.79 Å². The summed E-state index contributed by atoms with van der Waals surface area (Å²) >= 11 is 0. The number of ether oxygens (including phenoxy) is 1. The Kier molecular flexibility index (Phi) is 5.89. The molecule has 0 radical (unpaired) electrons. The third kappa shape index (κ3) is 5.03. The number of carbonyl (C=O) groups is 2. The Morgan fingerprint density at radius 3 is 2.73 bits per heavy atom. The Morgan fingerprint density at radius 1 is 1.42 bits per heavy atom. The van der Waals surface area contributed by atoms with Crippen LogP contribution in [-0.2, 0) is 11.3 Å². The molecule has 0 saturated carbocycles.